The minimum absolute atomic E-state index is 0. The zero-order valence-electron chi connectivity index (χ0n) is 4.76. The molecule has 0 saturated carbocycles. The summed E-state index contributed by atoms with van der Waals surface area (Å²) < 4.78 is 0. The number of nitrogens with one attached hydrogen (secondary N) is 1. The average Bonchev–Trinajstić information content (AvgIpc) is 2.14. The van der Waals surface area contributed by atoms with Crippen LogP contribution in [-0.2, 0) is 9.59 Å². The van der Waals surface area contributed by atoms with Gasteiger partial charge in [-0.1, -0.05) is 0 Å². The van der Waals surface area contributed by atoms with Crippen LogP contribution in [0.25, 0.3) is 0 Å². The molecule has 5 heteroatoms. The third kappa shape index (κ3) is 2.01. The van der Waals surface area contributed by atoms with Gasteiger partial charge in [0.15, 0.2) is 17.4 Å². The molecule has 0 radical (unpaired) electrons. The number of hydrogen-bond acceptors (Lipinski definition) is 2. The van der Waals surface area contributed by atoms with Crippen LogP contribution in [0.3, 0.4) is 0 Å². The van der Waals surface area contributed by atoms with Gasteiger partial charge in [0.25, 0.3) is 0 Å². The minimum atomic E-state index is -0.944. The molecule has 1 amide bonds. The van der Waals surface area contributed by atoms with Crippen molar-refractivity contribution < 1.29 is 14.7 Å². The summed E-state index contributed by atoms with van der Waals surface area (Å²) in [5.74, 6) is -1.11. The number of carbonyl (C=O) groups excluding carboxylic acids is 1. The fourth-order valence-electron chi connectivity index (χ4n) is 0.799. The van der Waals surface area contributed by atoms with E-state index < -0.39 is 12.0 Å². The smallest absolute Gasteiger partial charge is 0.326 e. The van der Waals surface area contributed by atoms with Gasteiger partial charge in [0, 0.05) is 6.42 Å². The fraction of sp³-hybridized carbons (Fsp3) is 0.600. The monoisotopic (exact) mass is 159 g/mol. The maximum atomic E-state index is 10.4. The first kappa shape index (κ1) is 9.47. The number of carboxylic acid groups (broad SMARTS) is 1. The molecule has 10 heavy (non-hydrogen) atoms. The summed E-state index contributed by atoms with van der Waals surface area (Å²) in [7, 11) is 0. The molecule has 1 aliphatic heterocycles. The van der Waals surface area contributed by atoms with Gasteiger partial charge in [-0.05, 0) is 6.42 Å². The molecule has 0 aromatic heterocycles. The Morgan fingerprint density at radius 1 is 1.70 bits per heavy atom. The molecule has 1 heterocycles. The number of aliphatic carboxylic acids is 1. The van der Waals surface area contributed by atoms with Crippen LogP contribution in [-0.4, -0.2) is 40.4 Å². The normalized spacial score (nSPS) is 23.2. The van der Waals surface area contributed by atoms with Gasteiger partial charge in [-0.3, -0.25) is 4.79 Å². The Kier molecular flexibility index (Phi) is 3.40. The fourth-order valence-corrected chi connectivity index (χ4v) is 0.799. The van der Waals surface area contributed by atoms with Gasteiger partial charge in [-0.15, -0.1) is 0 Å². The van der Waals surface area contributed by atoms with Crippen molar-refractivity contribution >= 4 is 29.2 Å². The Morgan fingerprint density at radius 3 is 2.50 bits per heavy atom. The van der Waals surface area contributed by atoms with Gasteiger partial charge in [0.05, 0.1) is 0 Å². The highest BCUT2D eigenvalue weighted by Crippen LogP contribution is 2.05. The molecule has 56 valence electrons. The van der Waals surface area contributed by atoms with Gasteiger partial charge in [-0.25, -0.2) is 4.79 Å². The van der Waals surface area contributed by atoms with Crippen LogP contribution >= 0.6 is 0 Å². The molecule has 0 spiro atoms. The molecular weight excluding hydrogens is 149 g/mol. The predicted molar refractivity (Wildman–Crippen MR) is 38.7 cm³/mol. The molecule has 4 nitrogen and oxygen atoms in total. The second-order valence-electron chi connectivity index (χ2n) is 2.00. The lowest BCUT2D eigenvalue weighted by molar-refractivity contribution is -0.140. The van der Waals surface area contributed by atoms with Gasteiger partial charge >= 0.3 is 5.97 Å². The highest BCUT2D eigenvalue weighted by Gasteiger charge is 2.26. The second-order valence-corrected chi connectivity index (χ2v) is 2.00. The van der Waals surface area contributed by atoms with E-state index in [1.807, 2.05) is 0 Å². The van der Waals surface area contributed by atoms with Gasteiger partial charge in [0.1, 0.15) is 6.04 Å². The van der Waals surface area contributed by atoms with Gasteiger partial charge in [0.2, 0.25) is 5.91 Å². The molecule has 1 unspecified atom stereocenters. The summed E-state index contributed by atoms with van der Waals surface area (Å²) in [6.07, 6.45) is 0.769. The first-order valence-corrected chi connectivity index (χ1v) is 2.72. The quantitative estimate of drug-likeness (QED) is 0.442. The maximum absolute atomic E-state index is 10.4. The largest absolute Gasteiger partial charge is 0.480 e. The Hall–Kier alpha value is -0.528. The van der Waals surface area contributed by atoms with E-state index in [4.69, 9.17) is 5.11 Å². The number of carboxylic acids is 1. The van der Waals surface area contributed by atoms with Crippen LogP contribution in [0.15, 0.2) is 0 Å². The van der Waals surface area contributed by atoms with E-state index in [1.54, 1.807) is 0 Å². The third-order valence-electron chi connectivity index (χ3n) is 1.29. The molecule has 2 N–H and O–H groups in total. The van der Waals surface area contributed by atoms with Crippen molar-refractivity contribution in [1.82, 2.24) is 5.32 Å². The van der Waals surface area contributed by atoms with Crippen molar-refractivity contribution in [3.05, 3.63) is 0 Å². The van der Waals surface area contributed by atoms with E-state index in [0.717, 1.165) is 0 Å². The molecule has 1 saturated heterocycles. The van der Waals surface area contributed by atoms with Crippen molar-refractivity contribution in [1.29, 1.82) is 0 Å². The van der Waals surface area contributed by atoms with Crippen LogP contribution in [0.2, 0.25) is 0 Å². The van der Waals surface area contributed by atoms with Crippen molar-refractivity contribution in [2.24, 2.45) is 0 Å². The van der Waals surface area contributed by atoms with Crippen LogP contribution in [0.1, 0.15) is 12.8 Å². The van der Waals surface area contributed by atoms with E-state index in [-0.39, 0.29) is 23.3 Å². The molecule has 1 atom stereocenters. The number of hydrogen-bond donors (Lipinski definition) is 2. The molecule has 0 aromatic carbocycles. The van der Waals surface area contributed by atoms with Crippen molar-refractivity contribution in [3.63, 3.8) is 0 Å². The molecular formula is C5H10AlNO3. The summed E-state index contributed by atoms with van der Waals surface area (Å²) in [5, 5.41) is 10.6. The summed E-state index contributed by atoms with van der Waals surface area (Å²) in [6, 6.07) is -0.641. The first-order chi connectivity index (χ1) is 4.20. The van der Waals surface area contributed by atoms with E-state index in [9.17, 15) is 9.59 Å². The predicted octanol–water partition coefficient (Wildman–Crippen LogP) is -1.83. The van der Waals surface area contributed by atoms with Crippen LogP contribution in [0.4, 0.5) is 0 Å². The topological polar surface area (TPSA) is 66.4 Å². The minimum Gasteiger partial charge on any atom is -0.480 e. The zero-order valence-corrected chi connectivity index (χ0v) is 4.76. The molecule has 0 aromatic rings. The van der Waals surface area contributed by atoms with E-state index >= 15 is 0 Å². The summed E-state index contributed by atoms with van der Waals surface area (Å²) in [6.45, 7) is 0. The lowest BCUT2D eigenvalue weighted by Gasteiger charge is -1.99. The lowest BCUT2D eigenvalue weighted by Crippen LogP contribution is -2.32. The second kappa shape index (κ2) is 3.59. The molecule has 1 aliphatic rings. The molecule has 0 bridgehead atoms. The van der Waals surface area contributed by atoms with Crippen molar-refractivity contribution in [2.75, 3.05) is 0 Å². The Bertz CT molecular complexity index is 159. The van der Waals surface area contributed by atoms with Crippen LogP contribution in [0, 0.1) is 0 Å². The average molecular weight is 159 g/mol. The standard InChI is InChI=1S/C5H7NO3.Al.3H/c7-4-2-1-3(6-4)5(8)9;;;;/h3H,1-2H2,(H,6,7)(H,8,9);;;;. The molecule has 1 rings (SSSR count). The lowest BCUT2D eigenvalue weighted by atomic mass is 10.2. The number of carbonyl (C=O) groups is 2. The SMILES string of the molecule is O=C1CCC(C(=O)O)N1.[AlH3]. The van der Waals surface area contributed by atoms with Gasteiger partial charge in [-0.2, -0.15) is 0 Å². The highest BCUT2D eigenvalue weighted by atomic mass is 27.0. The Labute approximate surface area is 68.7 Å². The highest BCUT2D eigenvalue weighted by molar-refractivity contribution is 5.87. The van der Waals surface area contributed by atoms with Crippen molar-refractivity contribution in [2.45, 2.75) is 18.9 Å². The number of rotatable bonds is 1. The molecule has 0 aliphatic carbocycles. The first-order valence-electron chi connectivity index (χ1n) is 2.72. The summed E-state index contributed by atoms with van der Waals surface area (Å²) in [4.78, 5) is 20.5. The van der Waals surface area contributed by atoms with E-state index in [0.29, 0.717) is 12.8 Å². The van der Waals surface area contributed by atoms with Crippen molar-refractivity contribution in [3.8, 4) is 0 Å². The molecule has 1 fully saturated rings. The van der Waals surface area contributed by atoms with Gasteiger partial charge < -0.3 is 10.4 Å². The van der Waals surface area contributed by atoms with Crippen LogP contribution in [0.5, 0.6) is 0 Å². The summed E-state index contributed by atoms with van der Waals surface area (Å²) >= 11 is 0. The number of amides is 1. The summed E-state index contributed by atoms with van der Waals surface area (Å²) in [5.41, 5.74) is 0. The van der Waals surface area contributed by atoms with Crippen LogP contribution < -0.4 is 5.32 Å². The maximum Gasteiger partial charge on any atom is 0.326 e. The zero-order chi connectivity index (χ0) is 6.85. The van der Waals surface area contributed by atoms with E-state index in [2.05, 4.69) is 5.32 Å². The Balaban J connectivity index is 0.000000810. The third-order valence-corrected chi connectivity index (χ3v) is 1.29. The van der Waals surface area contributed by atoms with E-state index in [1.165, 1.54) is 0 Å². The Morgan fingerprint density at radius 2 is 2.30 bits per heavy atom.